The number of nitrogens with zero attached hydrogens (tertiary/aromatic N) is 4. The van der Waals surface area contributed by atoms with Crippen molar-refractivity contribution in [3.63, 3.8) is 0 Å². The van der Waals surface area contributed by atoms with Crippen molar-refractivity contribution in [2.75, 3.05) is 19.7 Å². The number of hydrogen-bond acceptors (Lipinski definition) is 6. The Morgan fingerprint density at radius 2 is 1.87 bits per heavy atom. The molecule has 0 aliphatic rings. The molecule has 3 rings (SSSR count). The molecule has 0 aliphatic heterocycles. The van der Waals surface area contributed by atoms with Gasteiger partial charge in [0.05, 0.1) is 4.90 Å². The number of pyridine rings is 1. The van der Waals surface area contributed by atoms with Crippen LogP contribution in [0.5, 0.6) is 5.75 Å². The van der Waals surface area contributed by atoms with Crippen LogP contribution in [0.15, 0.2) is 52.6 Å². The molecule has 2 aromatic heterocycles. The summed E-state index contributed by atoms with van der Waals surface area (Å²) in [4.78, 5) is 0.132. The van der Waals surface area contributed by atoms with Gasteiger partial charge in [-0.05, 0) is 29.8 Å². The fourth-order valence-electron chi connectivity index (χ4n) is 2.85. The fraction of sp³-hybridized carbons (Fsp3) is 0.368. The number of thioether (sulfide) groups is 1. The van der Waals surface area contributed by atoms with Crippen LogP contribution in [0.25, 0.3) is 5.65 Å². The quantitative estimate of drug-likeness (QED) is 0.437. The summed E-state index contributed by atoms with van der Waals surface area (Å²) in [5.74, 6) is 0.506. The Hall–Kier alpha value is -2.31. The largest absolute Gasteiger partial charge is 0.484 e. The van der Waals surface area contributed by atoms with E-state index in [1.54, 1.807) is 36.4 Å². The number of alkyl halides is 3. The summed E-state index contributed by atoms with van der Waals surface area (Å²) in [5.41, 5.74) is 1.22. The fourth-order valence-corrected chi connectivity index (χ4v) is 5.17. The monoisotopic (exact) mass is 474 g/mol. The molecule has 0 saturated carbocycles. The number of fused-ring (bicyclic) bond motifs is 1. The summed E-state index contributed by atoms with van der Waals surface area (Å²) in [5, 5.41) is 8.61. The molecule has 0 unspecified atom stereocenters. The molecule has 0 fully saturated rings. The predicted molar refractivity (Wildman–Crippen MR) is 111 cm³/mol. The first-order valence-electron chi connectivity index (χ1n) is 9.40. The van der Waals surface area contributed by atoms with Crippen LogP contribution in [0.4, 0.5) is 13.2 Å². The Balaban J connectivity index is 1.79. The number of aromatic nitrogens is 3. The normalized spacial score (nSPS) is 12.6. The van der Waals surface area contributed by atoms with Gasteiger partial charge in [0.15, 0.2) is 17.4 Å². The van der Waals surface area contributed by atoms with Crippen molar-refractivity contribution in [1.82, 2.24) is 18.9 Å². The Morgan fingerprint density at radius 3 is 2.55 bits per heavy atom. The zero-order valence-corrected chi connectivity index (χ0v) is 18.5. The summed E-state index contributed by atoms with van der Waals surface area (Å²) in [6, 6.07) is 9.42. The molecule has 7 nitrogen and oxygen atoms in total. The van der Waals surface area contributed by atoms with E-state index < -0.39 is 22.8 Å². The van der Waals surface area contributed by atoms with E-state index in [9.17, 15) is 21.6 Å². The summed E-state index contributed by atoms with van der Waals surface area (Å²) in [6.07, 6.45) is -2.93. The van der Waals surface area contributed by atoms with E-state index in [0.29, 0.717) is 29.6 Å². The van der Waals surface area contributed by atoms with Crippen LogP contribution in [0.1, 0.15) is 19.4 Å². The van der Waals surface area contributed by atoms with Crippen molar-refractivity contribution < 1.29 is 26.3 Å². The molecule has 3 aromatic rings. The first-order chi connectivity index (χ1) is 14.6. The lowest BCUT2D eigenvalue weighted by atomic mass is 10.2. The Morgan fingerprint density at radius 1 is 1.13 bits per heavy atom. The van der Waals surface area contributed by atoms with Gasteiger partial charge in [0.1, 0.15) is 5.75 Å². The van der Waals surface area contributed by atoms with E-state index >= 15 is 0 Å². The molecule has 0 saturated heterocycles. The SMILES string of the molecule is CCN(CC)S(=O)(=O)c1ccc2nnc(SCc3cccc(OCC(F)(F)F)c3)n2c1. The van der Waals surface area contributed by atoms with Crippen molar-refractivity contribution in [2.45, 2.75) is 35.8 Å². The van der Waals surface area contributed by atoms with Crippen molar-refractivity contribution in [3.05, 3.63) is 48.2 Å². The van der Waals surface area contributed by atoms with Crippen molar-refractivity contribution in [1.29, 1.82) is 0 Å². The van der Waals surface area contributed by atoms with Gasteiger partial charge in [-0.3, -0.25) is 4.40 Å². The molecule has 0 radical (unpaired) electrons. The van der Waals surface area contributed by atoms with Gasteiger partial charge in [-0.25, -0.2) is 8.42 Å². The molecule has 0 bridgehead atoms. The van der Waals surface area contributed by atoms with Gasteiger partial charge in [0.2, 0.25) is 10.0 Å². The second-order valence-electron chi connectivity index (χ2n) is 6.50. The summed E-state index contributed by atoms with van der Waals surface area (Å²) in [7, 11) is -3.64. The maximum absolute atomic E-state index is 12.8. The first kappa shape index (κ1) is 23.4. The number of hydrogen-bond donors (Lipinski definition) is 0. The molecule has 0 atom stereocenters. The number of benzene rings is 1. The molecular weight excluding hydrogens is 453 g/mol. The van der Waals surface area contributed by atoms with Crippen LogP contribution in [-0.2, 0) is 15.8 Å². The van der Waals surface area contributed by atoms with Crippen molar-refractivity contribution in [2.24, 2.45) is 0 Å². The second kappa shape index (κ2) is 9.45. The molecule has 0 aliphatic carbocycles. The molecule has 0 amide bonds. The maximum atomic E-state index is 12.8. The van der Waals surface area contributed by atoms with Crippen LogP contribution in [0, 0.1) is 0 Å². The zero-order valence-electron chi connectivity index (χ0n) is 16.8. The Bertz CT molecular complexity index is 1150. The smallest absolute Gasteiger partial charge is 0.422 e. The minimum atomic E-state index is -4.41. The minimum Gasteiger partial charge on any atom is -0.484 e. The highest BCUT2D eigenvalue weighted by molar-refractivity contribution is 7.98. The molecule has 12 heteroatoms. The lowest BCUT2D eigenvalue weighted by Crippen LogP contribution is -2.30. The van der Waals surface area contributed by atoms with Gasteiger partial charge in [-0.1, -0.05) is 37.7 Å². The molecule has 2 heterocycles. The molecular formula is C19H21F3N4O3S2. The maximum Gasteiger partial charge on any atom is 0.422 e. The highest BCUT2D eigenvalue weighted by atomic mass is 32.2. The highest BCUT2D eigenvalue weighted by Crippen LogP contribution is 2.26. The minimum absolute atomic E-state index is 0.120. The predicted octanol–water partition coefficient (Wildman–Crippen LogP) is 3.99. The molecule has 1 aromatic carbocycles. The third-order valence-corrected chi connectivity index (χ3v) is 7.40. The van der Waals surface area contributed by atoms with E-state index in [0.717, 1.165) is 5.56 Å². The second-order valence-corrected chi connectivity index (χ2v) is 9.39. The highest BCUT2D eigenvalue weighted by Gasteiger charge is 2.28. The molecule has 0 spiro atoms. The van der Waals surface area contributed by atoms with Gasteiger partial charge in [-0.15, -0.1) is 10.2 Å². The molecule has 168 valence electrons. The van der Waals surface area contributed by atoms with E-state index in [-0.39, 0.29) is 10.6 Å². The van der Waals surface area contributed by atoms with Crippen molar-refractivity contribution >= 4 is 27.4 Å². The lowest BCUT2D eigenvalue weighted by Gasteiger charge is -2.18. The third kappa shape index (κ3) is 5.69. The van der Waals surface area contributed by atoms with Crippen LogP contribution in [0.3, 0.4) is 0 Å². The van der Waals surface area contributed by atoms with Gasteiger partial charge < -0.3 is 4.74 Å². The average molecular weight is 475 g/mol. The average Bonchev–Trinajstić information content (AvgIpc) is 3.13. The summed E-state index contributed by atoms with van der Waals surface area (Å²) < 4.78 is 70.3. The molecule has 0 N–H and O–H groups in total. The van der Waals surface area contributed by atoms with Crippen molar-refractivity contribution in [3.8, 4) is 5.75 Å². The number of rotatable bonds is 9. The summed E-state index contributed by atoms with van der Waals surface area (Å²) in [6.45, 7) is 2.89. The van der Waals surface area contributed by atoms with Crippen LogP contribution < -0.4 is 4.74 Å². The van der Waals surface area contributed by atoms with E-state index in [1.807, 2.05) is 0 Å². The van der Waals surface area contributed by atoms with Crippen LogP contribution >= 0.6 is 11.8 Å². The first-order valence-corrected chi connectivity index (χ1v) is 11.8. The van der Waals surface area contributed by atoms with E-state index in [2.05, 4.69) is 10.2 Å². The van der Waals surface area contributed by atoms with Crippen LogP contribution in [0.2, 0.25) is 0 Å². The third-order valence-electron chi connectivity index (χ3n) is 4.36. The zero-order chi connectivity index (χ0) is 22.6. The topological polar surface area (TPSA) is 76.8 Å². The summed E-state index contributed by atoms with van der Waals surface area (Å²) >= 11 is 1.28. The lowest BCUT2D eigenvalue weighted by molar-refractivity contribution is -0.153. The Labute approximate surface area is 182 Å². The number of ether oxygens (including phenoxy) is 1. The van der Waals surface area contributed by atoms with Gasteiger partial charge in [0, 0.05) is 25.0 Å². The molecule has 31 heavy (non-hydrogen) atoms. The van der Waals surface area contributed by atoms with Crippen LogP contribution in [-0.4, -0.2) is 53.2 Å². The van der Waals surface area contributed by atoms with E-state index in [4.69, 9.17) is 4.74 Å². The number of sulfonamides is 1. The van der Waals surface area contributed by atoms with Gasteiger partial charge in [0.25, 0.3) is 0 Å². The van der Waals surface area contributed by atoms with Gasteiger partial charge >= 0.3 is 6.18 Å². The number of halogens is 3. The standard InChI is InChI=1S/C19H21F3N4O3S2/c1-3-25(4-2)31(27,28)16-8-9-17-23-24-18(26(17)11-16)30-12-14-6-5-7-15(10-14)29-13-19(20,21)22/h5-11H,3-4,12-13H2,1-2H3. The Kier molecular flexibility index (Phi) is 7.12. The van der Waals surface area contributed by atoms with Gasteiger partial charge in [-0.2, -0.15) is 17.5 Å². The van der Waals surface area contributed by atoms with E-state index in [1.165, 1.54) is 40.5 Å².